The minimum Gasteiger partial charge on any atom is -0.726 e. The molecule has 4 aliphatic rings. The molecule has 0 saturated heterocycles. The van der Waals surface area contributed by atoms with E-state index in [1.54, 1.807) is 13.8 Å². The molecule has 0 radical (unpaired) electrons. The second kappa shape index (κ2) is 8.57. The summed E-state index contributed by atoms with van der Waals surface area (Å²) < 4.78 is 78.5. The number of rotatable bonds is 4. The van der Waals surface area contributed by atoms with Gasteiger partial charge in [-0.2, -0.15) is 0 Å². The summed E-state index contributed by atoms with van der Waals surface area (Å²) in [5, 5.41) is 33.4. The summed E-state index contributed by atoms with van der Waals surface area (Å²) in [4.78, 5) is 12.9. The SMILES string of the molecule is [2H]C1([2H])C[C@]2(C)[C@@H]3[C@@H](CC[C@H]2C([2H])([2H])[C@]1([2H])O)[C@@H]1CC[C@](O)(C(=O)COS(=O)(=O)[O-])[C@@]1(C)C[C@@H]3O.[Na+]. The third-order valence-electron chi connectivity index (χ3n) is 8.70. The third kappa shape index (κ3) is 4.10. The van der Waals surface area contributed by atoms with Crippen LogP contribution in [0.25, 0.3) is 0 Å². The van der Waals surface area contributed by atoms with E-state index in [0.717, 1.165) is 0 Å². The Hall–Kier alpha value is 0.420. The van der Waals surface area contributed by atoms with Crippen molar-refractivity contribution in [1.82, 2.24) is 0 Å². The van der Waals surface area contributed by atoms with E-state index in [1.165, 1.54) is 0 Å². The zero-order valence-corrected chi connectivity index (χ0v) is 20.9. The van der Waals surface area contributed by atoms with Crippen molar-refractivity contribution in [2.45, 2.75) is 82.9 Å². The Morgan fingerprint density at radius 1 is 1.26 bits per heavy atom. The van der Waals surface area contributed by atoms with Crippen molar-refractivity contribution in [3.8, 4) is 0 Å². The summed E-state index contributed by atoms with van der Waals surface area (Å²) in [6, 6.07) is 0. The fraction of sp³-hybridized carbons (Fsp3) is 0.952. The van der Waals surface area contributed by atoms with Crippen LogP contribution in [-0.4, -0.2) is 58.5 Å². The summed E-state index contributed by atoms with van der Waals surface area (Å²) >= 11 is 0. The summed E-state index contributed by atoms with van der Waals surface area (Å²) in [6.45, 7) is 2.23. The largest absolute Gasteiger partial charge is 1.00 e. The summed E-state index contributed by atoms with van der Waals surface area (Å²) in [5.74, 6) is -3.08. The van der Waals surface area contributed by atoms with E-state index in [0.29, 0.717) is 12.8 Å². The molecule has 0 aromatic carbocycles. The van der Waals surface area contributed by atoms with Gasteiger partial charge in [0.15, 0.2) is 5.78 Å². The van der Waals surface area contributed by atoms with Gasteiger partial charge in [0.05, 0.1) is 13.6 Å². The monoisotopic (exact) mass is 473 g/mol. The molecule has 0 bridgehead atoms. The number of Topliss-reactive ketones (excluding diaryl/α,β-unsaturated/α-hetero) is 1. The minimum atomic E-state index is -5.15. The van der Waals surface area contributed by atoms with E-state index in [2.05, 4.69) is 4.18 Å². The number of hydrogen-bond acceptors (Lipinski definition) is 8. The van der Waals surface area contributed by atoms with E-state index >= 15 is 0 Å². The van der Waals surface area contributed by atoms with Crippen molar-refractivity contribution in [2.75, 3.05) is 6.61 Å². The molecule has 8 nitrogen and oxygen atoms in total. The van der Waals surface area contributed by atoms with Crippen LogP contribution in [0.5, 0.6) is 0 Å². The number of aliphatic hydroxyl groups excluding tert-OH is 1. The maximum Gasteiger partial charge on any atom is 1.00 e. The zero-order chi connectivity index (χ0) is 26.6. The summed E-state index contributed by atoms with van der Waals surface area (Å²) in [5.41, 5.74) is -4.32. The van der Waals surface area contributed by atoms with Crippen molar-refractivity contribution in [1.29, 1.82) is 0 Å². The molecule has 4 rings (SSSR count). The molecule has 9 atom stereocenters. The van der Waals surface area contributed by atoms with Crippen LogP contribution in [0, 0.1) is 34.5 Å². The number of fused-ring (bicyclic) bond motifs is 5. The second-order valence-corrected chi connectivity index (χ2v) is 11.0. The molecule has 4 fully saturated rings. The first-order valence-electron chi connectivity index (χ1n) is 12.9. The number of ketones is 1. The van der Waals surface area contributed by atoms with Crippen LogP contribution >= 0.6 is 0 Å². The van der Waals surface area contributed by atoms with Gasteiger partial charge in [-0.1, -0.05) is 13.8 Å². The van der Waals surface area contributed by atoms with E-state index in [9.17, 15) is 33.1 Å². The van der Waals surface area contributed by atoms with Crippen molar-refractivity contribution < 1.29 is 73.7 Å². The van der Waals surface area contributed by atoms with Crippen LogP contribution in [0.1, 0.15) is 72.0 Å². The van der Waals surface area contributed by atoms with E-state index in [1.807, 2.05) is 0 Å². The predicted molar refractivity (Wildman–Crippen MR) is 105 cm³/mol. The van der Waals surface area contributed by atoms with Gasteiger partial charge < -0.3 is 19.9 Å². The van der Waals surface area contributed by atoms with Gasteiger partial charge in [0, 0.05) is 10.9 Å². The van der Waals surface area contributed by atoms with Crippen molar-refractivity contribution in [2.24, 2.45) is 34.5 Å². The van der Waals surface area contributed by atoms with Crippen LogP contribution in [0.15, 0.2) is 0 Å². The molecule has 0 aromatic rings. The molecule has 172 valence electrons. The summed E-state index contributed by atoms with van der Waals surface area (Å²) in [7, 11) is -5.15. The fourth-order valence-corrected chi connectivity index (χ4v) is 7.53. The molecular weight excluding hydrogens is 435 g/mol. The van der Waals surface area contributed by atoms with Gasteiger partial charge in [-0.05, 0) is 80.4 Å². The molecule has 31 heavy (non-hydrogen) atoms. The zero-order valence-electron chi connectivity index (χ0n) is 23.1. The fourth-order valence-electron chi connectivity index (χ4n) is 7.28. The van der Waals surface area contributed by atoms with E-state index in [-0.39, 0.29) is 67.1 Å². The van der Waals surface area contributed by atoms with E-state index in [4.69, 9.17) is 6.85 Å². The Kier molecular flexibility index (Phi) is 5.45. The molecule has 4 aliphatic carbocycles. The van der Waals surface area contributed by atoms with Crippen LogP contribution < -0.4 is 29.6 Å². The predicted octanol–water partition coefficient (Wildman–Crippen LogP) is -1.86. The standard InChI is InChI=1S/C21H34O8S.Na/c1-19-7-5-13(22)9-12(19)3-4-14-15-6-8-21(25,17(24)11-29-30(26,27)28)20(15,2)10-16(23)18(14)19;/h12-16,18,22-23,25H,3-11H2,1-2H3,(H,26,27,28);/q;+1/p-1/t12-,13+,14-,15-,16-,18+,19-,20-,21-;/m0./s1/i5D2,9D2,13D;. The van der Waals surface area contributed by atoms with Crippen molar-refractivity contribution in [3.05, 3.63) is 0 Å². The minimum absolute atomic E-state index is 0. The normalized spacial score (nSPS) is 57.4. The van der Waals surface area contributed by atoms with E-state index < -0.39 is 76.0 Å². The van der Waals surface area contributed by atoms with Crippen LogP contribution in [0.4, 0.5) is 0 Å². The number of aliphatic hydroxyl groups is 3. The topological polar surface area (TPSA) is 144 Å². The van der Waals surface area contributed by atoms with Gasteiger partial charge in [-0.25, -0.2) is 8.42 Å². The number of hydrogen-bond donors (Lipinski definition) is 3. The quantitative estimate of drug-likeness (QED) is 0.245. The average Bonchev–Trinajstić information content (AvgIpc) is 2.95. The maximum absolute atomic E-state index is 12.9. The Morgan fingerprint density at radius 3 is 2.58 bits per heavy atom. The maximum atomic E-state index is 12.9. The van der Waals surface area contributed by atoms with Gasteiger partial charge in [0.2, 0.25) is 10.4 Å². The molecule has 0 amide bonds. The molecular formula is C21H33NaO8S. The first kappa shape index (κ1) is 19.7. The van der Waals surface area contributed by atoms with Crippen LogP contribution in [0.3, 0.4) is 0 Å². The van der Waals surface area contributed by atoms with Crippen LogP contribution in [0.2, 0.25) is 0 Å². The molecule has 3 N–H and O–H groups in total. The number of carbonyl (C=O) groups is 1. The molecule has 0 unspecified atom stereocenters. The van der Waals surface area contributed by atoms with Gasteiger partial charge >= 0.3 is 29.6 Å². The molecule has 0 heterocycles. The average molecular weight is 474 g/mol. The van der Waals surface area contributed by atoms with Gasteiger partial charge in [0.1, 0.15) is 12.2 Å². The first-order valence-corrected chi connectivity index (χ1v) is 11.8. The summed E-state index contributed by atoms with van der Waals surface area (Å²) in [6.07, 6.45) is -8.75. The Balaban J connectivity index is 0.00000361. The van der Waals surface area contributed by atoms with Gasteiger partial charge in [-0.3, -0.25) is 8.98 Å². The third-order valence-corrected chi connectivity index (χ3v) is 9.10. The molecule has 10 heteroatoms. The Bertz CT molecular complexity index is 1030. The second-order valence-electron chi connectivity index (χ2n) is 9.96. The van der Waals surface area contributed by atoms with Crippen molar-refractivity contribution in [3.63, 3.8) is 0 Å². The Morgan fingerprint density at radius 2 is 1.94 bits per heavy atom. The molecule has 4 saturated carbocycles. The van der Waals surface area contributed by atoms with Crippen LogP contribution in [-0.2, 0) is 19.4 Å². The Labute approximate surface area is 213 Å². The first-order chi connectivity index (χ1) is 15.7. The van der Waals surface area contributed by atoms with Gasteiger partial charge in [0.25, 0.3) is 0 Å². The van der Waals surface area contributed by atoms with Crippen molar-refractivity contribution >= 4 is 16.2 Å². The molecule has 0 aliphatic heterocycles. The molecule has 0 spiro atoms. The van der Waals surface area contributed by atoms with Gasteiger partial charge in [-0.15, -0.1) is 0 Å². The molecule has 0 aromatic heterocycles. The number of carbonyl (C=O) groups excluding carboxylic acids is 1. The smallest absolute Gasteiger partial charge is 0.726 e.